The first-order valence-electron chi connectivity index (χ1n) is 2.75. The predicted octanol–water partition coefficient (Wildman–Crippen LogP) is 0.184. The lowest BCUT2D eigenvalue weighted by Crippen LogP contribution is -2.33. The molecule has 0 aliphatic carbocycles. The van der Waals surface area contributed by atoms with Crippen molar-refractivity contribution in [3.63, 3.8) is 0 Å². The molecule has 4 heteroatoms. The molecule has 1 aliphatic rings. The number of carbonyl (C=O) groups is 1. The molecule has 0 amide bonds. The van der Waals surface area contributed by atoms with Crippen LogP contribution in [-0.2, 0) is 4.79 Å². The van der Waals surface area contributed by atoms with Crippen molar-refractivity contribution in [1.82, 2.24) is 5.32 Å². The van der Waals surface area contributed by atoms with Crippen LogP contribution in [0.4, 0.5) is 8.78 Å². The number of nitrogens with one attached hydrogen (secondary N) is 1. The van der Waals surface area contributed by atoms with E-state index in [-0.39, 0.29) is 13.0 Å². The van der Waals surface area contributed by atoms with Crippen molar-refractivity contribution in [2.75, 3.05) is 13.1 Å². The molecule has 1 atom stereocenters. The number of carbonyl (C=O) groups excluding carboxylic acids is 1. The van der Waals surface area contributed by atoms with Gasteiger partial charge in [-0.15, -0.1) is 0 Å². The van der Waals surface area contributed by atoms with E-state index in [4.69, 9.17) is 0 Å². The summed E-state index contributed by atoms with van der Waals surface area (Å²) in [5, 5.41) is 2.56. The zero-order chi connectivity index (χ0) is 6.91. The lowest BCUT2D eigenvalue weighted by molar-refractivity contribution is -0.140. The fourth-order valence-corrected chi connectivity index (χ4v) is 0.829. The Morgan fingerprint density at radius 2 is 2.33 bits per heavy atom. The van der Waals surface area contributed by atoms with Gasteiger partial charge in [0.25, 0.3) is 0 Å². The Bertz CT molecular complexity index is 131. The minimum Gasteiger partial charge on any atom is -0.313 e. The highest BCUT2D eigenvalue weighted by atomic mass is 19.2. The van der Waals surface area contributed by atoms with Gasteiger partial charge in [0.2, 0.25) is 5.67 Å². The van der Waals surface area contributed by atoms with Crippen LogP contribution in [0.25, 0.3) is 0 Å². The molecule has 0 saturated carbocycles. The number of rotatable bonds is 1. The predicted molar refractivity (Wildman–Crippen MR) is 27.4 cm³/mol. The molecular formula is C5H7F2NO. The van der Waals surface area contributed by atoms with Gasteiger partial charge >= 0.3 is 6.04 Å². The lowest BCUT2D eigenvalue weighted by atomic mass is 10.1. The summed E-state index contributed by atoms with van der Waals surface area (Å²) in [6.45, 7) is 0.203. The number of halogens is 2. The Morgan fingerprint density at radius 1 is 1.67 bits per heavy atom. The molecule has 0 aromatic rings. The molecule has 0 radical (unpaired) electrons. The highest BCUT2D eigenvalue weighted by Crippen LogP contribution is 2.20. The molecule has 1 saturated heterocycles. The molecule has 2 nitrogen and oxygen atoms in total. The average Bonchev–Trinajstić information content (AvgIpc) is 2.16. The van der Waals surface area contributed by atoms with Crippen molar-refractivity contribution in [1.29, 1.82) is 0 Å². The topological polar surface area (TPSA) is 29.1 Å². The molecule has 0 aromatic carbocycles. The van der Waals surface area contributed by atoms with E-state index in [1.165, 1.54) is 0 Å². The van der Waals surface area contributed by atoms with Crippen molar-refractivity contribution in [2.24, 2.45) is 0 Å². The third-order valence-corrected chi connectivity index (χ3v) is 1.46. The molecule has 1 fully saturated rings. The van der Waals surface area contributed by atoms with Crippen LogP contribution >= 0.6 is 0 Å². The zero-order valence-corrected chi connectivity index (χ0v) is 4.79. The van der Waals surface area contributed by atoms with E-state index in [0.29, 0.717) is 6.54 Å². The molecule has 1 aliphatic heterocycles. The first-order chi connectivity index (χ1) is 4.15. The fourth-order valence-electron chi connectivity index (χ4n) is 0.829. The van der Waals surface area contributed by atoms with Gasteiger partial charge in [0.1, 0.15) is 0 Å². The maximum Gasteiger partial charge on any atom is 0.339 e. The molecule has 0 spiro atoms. The molecule has 0 aromatic heterocycles. The highest BCUT2D eigenvalue weighted by molar-refractivity contribution is 5.78. The summed E-state index contributed by atoms with van der Waals surface area (Å²) in [5.74, 6) is 0. The summed E-state index contributed by atoms with van der Waals surface area (Å²) in [6.07, 6.45) is -0.0394. The second-order valence-corrected chi connectivity index (χ2v) is 2.17. The Balaban J connectivity index is 2.61. The van der Waals surface area contributed by atoms with E-state index in [1.54, 1.807) is 0 Å². The second kappa shape index (κ2) is 2.02. The van der Waals surface area contributed by atoms with Crippen molar-refractivity contribution < 1.29 is 13.6 Å². The van der Waals surface area contributed by atoms with Crippen LogP contribution in [0.15, 0.2) is 0 Å². The lowest BCUT2D eigenvalue weighted by Gasteiger charge is -2.08. The van der Waals surface area contributed by atoms with E-state index in [1.807, 2.05) is 0 Å². The summed E-state index contributed by atoms with van der Waals surface area (Å²) in [4.78, 5) is 9.89. The standard InChI is InChI=1S/C5H7F2NO/c6-4(9)5(7)1-2-8-3-5/h8H,1-3H2. The smallest absolute Gasteiger partial charge is 0.313 e. The molecular weight excluding hydrogens is 128 g/mol. The van der Waals surface area contributed by atoms with Gasteiger partial charge in [-0.05, 0) is 6.54 Å². The van der Waals surface area contributed by atoms with Gasteiger partial charge in [0.05, 0.1) is 0 Å². The molecule has 9 heavy (non-hydrogen) atoms. The first kappa shape index (κ1) is 6.61. The van der Waals surface area contributed by atoms with Crippen LogP contribution in [0.3, 0.4) is 0 Å². The van der Waals surface area contributed by atoms with Gasteiger partial charge < -0.3 is 5.32 Å². The molecule has 1 heterocycles. The molecule has 1 unspecified atom stereocenters. The molecule has 1 rings (SSSR count). The quantitative estimate of drug-likeness (QED) is 0.520. The van der Waals surface area contributed by atoms with Gasteiger partial charge in [-0.2, -0.15) is 4.39 Å². The number of alkyl halides is 1. The largest absolute Gasteiger partial charge is 0.339 e. The van der Waals surface area contributed by atoms with E-state index in [2.05, 4.69) is 5.32 Å². The summed E-state index contributed by atoms with van der Waals surface area (Å²) in [5.41, 5.74) is -2.22. The number of hydrogen-bond acceptors (Lipinski definition) is 2. The minimum absolute atomic E-state index is 0.0394. The Hall–Kier alpha value is -0.510. The summed E-state index contributed by atoms with van der Waals surface area (Å²) in [6, 6.07) is -1.85. The van der Waals surface area contributed by atoms with Crippen molar-refractivity contribution in [2.45, 2.75) is 12.1 Å². The van der Waals surface area contributed by atoms with Gasteiger partial charge in [0.15, 0.2) is 0 Å². The fraction of sp³-hybridized carbons (Fsp3) is 0.800. The van der Waals surface area contributed by atoms with Gasteiger partial charge in [0, 0.05) is 13.0 Å². The summed E-state index contributed by atoms with van der Waals surface area (Å²) in [7, 11) is 0. The normalized spacial score (nSPS) is 34.9. The van der Waals surface area contributed by atoms with E-state index in [9.17, 15) is 13.6 Å². The summed E-state index contributed by atoms with van der Waals surface area (Å²) < 4.78 is 24.4. The average molecular weight is 135 g/mol. The molecule has 0 bridgehead atoms. The molecule has 1 N–H and O–H groups in total. The maximum atomic E-state index is 12.6. The second-order valence-electron chi connectivity index (χ2n) is 2.17. The maximum absolute atomic E-state index is 12.6. The van der Waals surface area contributed by atoms with Crippen LogP contribution < -0.4 is 5.32 Å². The Kier molecular flexibility index (Phi) is 1.48. The Labute approximate surface area is 51.2 Å². The van der Waals surface area contributed by atoms with Crippen molar-refractivity contribution in [3.05, 3.63) is 0 Å². The van der Waals surface area contributed by atoms with Crippen LogP contribution in [-0.4, -0.2) is 24.8 Å². The molecule has 52 valence electrons. The SMILES string of the molecule is O=C(F)C1(F)CCNC1. The van der Waals surface area contributed by atoms with Gasteiger partial charge in [-0.1, -0.05) is 0 Å². The van der Waals surface area contributed by atoms with Crippen molar-refractivity contribution >= 4 is 6.04 Å². The third-order valence-electron chi connectivity index (χ3n) is 1.46. The zero-order valence-electron chi connectivity index (χ0n) is 4.79. The van der Waals surface area contributed by atoms with Gasteiger partial charge in [-0.25, -0.2) is 4.39 Å². The highest BCUT2D eigenvalue weighted by Gasteiger charge is 2.41. The van der Waals surface area contributed by atoms with E-state index >= 15 is 0 Å². The van der Waals surface area contributed by atoms with Crippen molar-refractivity contribution in [3.8, 4) is 0 Å². The minimum atomic E-state index is -2.22. The Morgan fingerprint density at radius 3 is 2.56 bits per heavy atom. The summed E-state index contributed by atoms with van der Waals surface area (Å²) >= 11 is 0. The number of hydrogen-bond donors (Lipinski definition) is 1. The van der Waals surface area contributed by atoms with E-state index in [0.717, 1.165) is 0 Å². The van der Waals surface area contributed by atoms with Gasteiger partial charge in [-0.3, -0.25) is 4.79 Å². The first-order valence-corrected chi connectivity index (χ1v) is 2.75. The van der Waals surface area contributed by atoms with Crippen LogP contribution in [0.1, 0.15) is 6.42 Å². The van der Waals surface area contributed by atoms with Crippen LogP contribution in [0.5, 0.6) is 0 Å². The monoisotopic (exact) mass is 135 g/mol. The third kappa shape index (κ3) is 1.08. The van der Waals surface area contributed by atoms with E-state index < -0.39 is 11.7 Å². The van der Waals surface area contributed by atoms with Crippen LogP contribution in [0, 0.1) is 0 Å². The van der Waals surface area contributed by atoms with Crippen LogP contribution in [0.2, 0.25) is 0 Å².